The van der Waals surface area contributed by atoms with E-state index in [9.17, 15) is 24.0 Å². The van der Waals surface area contributed by atoms with Gasteiger partial charge in [0.1, 0.15) is 24.5 Å². The Kier molecular flexibility index (Phi) is 10.7. The molecule has 3 N–H and O–H groups in total. The summed E-state index contributed by atoms with van der Waals surface area (Å²) < 4.78 is 17.1. The van der Waals surface area contributed by atoms with Gasteiger partial charge in [0.25, 0.3) is 11.8 Å². The summed E-state index contributed by atoms with van der Waals surface area (Å²) in [7, 11) is 0. The largest absolute Gasteiger partial charge is 0.445 e. The Morgan fingerprint density at radius 1 is 1.00 bits per heavy atom. The number of alkyl carbamates (subject to hydrolysis) is 1. The van der Waals surface area contributed by atoms with Gasteiger partial charge in [-0.15, -0.1) is 0 Å². The number of amides is 4. The van der Waals surface area contributed by atoms with Crippen LogP contribution in [0.15, 0.2) is 61.1 Å². The van der Waals surface area contributed by atoms with E-state index in [1.165, 1.54) is 30.0 Å². The molecule has 15 heteroatoms. The first-order valence-electron chi connectivity index (χ1n) is 15.7. The normalized spacial score (nSPS) is 12.8. The Labute approximate surface area is 281 Å². The van der Waals surface area contributed by atoms with Crippen LogP contribution < -0.4 is 20.9 Å². The number of hydrogen-bond acceptors (Lipinski definition) is 10. The molecule has 0 saturated heterocycles. The zero-order valence-electron chi connectivity index (χ0n) is 27.5. The second kappa shape index (κ2) is 15.3. The molecule has 1 fully saturated rings. The zero-order chi connectivity index (χ0) is 35.1. The smallest absolute Gasteiger partial charge is 0.423 e. The number of carbonyl (C=O) groups excluding carboxylic acids is 5. The van der Waals surface area contributed by atoms with Crippen molar-refractivity contribution in [2.75, 3.05) is 18.2 Å². The summed E-state index contributed by atoms with van der Waals surface area (Å²) in [6.45, 7) is 6.22. The molecule has 2 heterocycles. The Balaban J connectivity index is 1.36. The number of hydrogen-bond donors (Lipinski definition) is 3. The lowest BCUT2D eigenvalue weighted by Gasteiger charge is -2.24. The minimum atomic E-state index is -1.13. The molecule has 256 valence electrons. The first-order chi connectivity index (χ1) is 23.6. The van der Waals surface area contributed by atoms with Crippen molar-refractivity contribution in [3.8, 4) is 0 Å². The van der Waals surface area contributed by atoms with Gasteiger partial charge in [-0.25, -0.2) is 28.8 Å². The molecule has 0 bridgehead atoms. The van der Waals surface area contributed by atoms with E-state index in [1.807, 2.05) is 6.07 Å². The zero-order valence-corrected chi connectivity index (χ0v) is 27.5. The number of fused-ring (bicyclic) bond motifs is 1. The fourth-order valence-corrected chi connectivity index (χ4v) is 4.90. The Morgan fingerprint density at radius 2 is 1.76 bits per heavy atom. The predicted octanol–water partition coefficient (Wildman–Crippen LogP) is 4.08. The molecule has 1 unspecified atom stereocenters. The van der Waals surface area contributed by atoms with Crippen LogP contribution >= 0.6 is 0 Å². The van der Waals surface area contributed by atoms with Gasteiger partial charge in [-0.05, 0) is 69.4 Å². The maximum atomic E-state index is 13.9. The lowest BCUT2D eigenvalue weighted by molar-refractivity contribution is -0.153. The van der Waals surface area contributed by atoms with Crippen molar-refractivity contribution in [2.45, 2.75) is 59.2 Å². The molecule has 2 aromatic carbocycles. The Bertz CT molecular complexity index is 1870. The molecule has 0 aliphatic heterocycles. The van der Waals surface area contributed by atoms with Crippen molar-refractivity contribution in [1.82, 2.24) is 30.5 Å². The number of aryl methyl sites for hydroxylation is 2. The highest BCUT2D eigenvalue weighted by atomic mass is 16.7. The molecule has 1 aliphatic rings. The molecule has 2 aromatic heterocycles. The summed E-state index contributed by atoms with van der Waals surface area (Å²) in [5, 5.41) is 12.3. The standard InChI is InChI=1S/C34H37N7O8/c1-5-35-31(43)26-16-40-28(21(26)3)29(36-18-37-40)41(27-15-24(12-11-20(27)2)30(42)39-25-13-14-25)34(46)49-19-48-32(44)22(4)38-33(45)47-17-23-9-7-6-8-10-23/h6-12,15-16,18,22,25H,5,13-14,17,19H2,1-4H3,(H,35,43)(H,38,45)(H,39,42). The van der Waals surface area contributed by atoms with E-state index >= 15 is 0 Å². The van der Waals surface area contributed by atoms with Gasteiger partial charge in [0.2, 0.25) is 6.79 Å². The van der Waals surface area contributed by atoms with Gasteiger partial charge in [-0.2, -0.15) is 5.10 Å². The lowest BCUT2D eigenvalue weighted by Crippen LogP contribution is -2.40. The van der Waals surface area contributed by atoms with E-state index in [0.29, 0.717) is 34.3 Å². The number of rotatable bonds is 12. The maximum absolute atomic E-state index is 13.9. The average molecular weight is 672 g/mol. The van der Waals surface area contributed by atoms with Crippen molar-refractivity contribution < 1.29 is 38.2 Å². The third-order valence-electron chi connectivity index (χ3n) is 7.69. The third kappa shape index (κ3) is 8.30. The van der Waals surface area contributed by atoms with E-state index in [1.54, 1.807) is 57.2 Å². The number of benzene rings is 2. The molecule has 15 nitrogen and oxygen atoms in total. The minimum absolute atomic E-state index is 0.00691. The van der Waals surface area contributed by atoms with Crippen molar-refractivity contribution in [3.63, 3.8) is 0 Å². The van der Waals surface area contributed by atoms with Gasteiger partial charge < -0.3 is 30.2 Å². The van der Waals surface area contributed by atoms with E-state index in [-0.39, 0.29) is 36.0 Å². The molecular formula is C34H37N7O8. The molecule has 1 aliphatic carbocycles. The van der Waals surface area contributed by atoms with Crippen LogP contribution in [0.1, 0.15) is 64.1 Å². The minimum Gasteiger partial charge on any atom is -0.445 e. The first-order valence-corrected chi connectivity index (χ1v) is 15.7. The van der Waals surface area contributed by atoms with Crippen molar-refractivity contribution in [2.24, 2.45) is 0 Å². The Morgan fingerprint density at radius 3 is 2.47 bits per heavy atom. The van der Waals surface area contributed by atoms with Gasteiger partial charge in [-0.1, -0.05) is 36.4 Å². The number of carbonyl (C=O) groups is 5. The van der Waals surface area contributed by atoms with Crippen molar-refractivity contribution in [3.05, 3.63) is 88.9 Å². The van der Waals surface area contributed by atoms with Crippen LogP contribution in [0.5, 0.6) is 0 Å². The van der Waals surface area contributed by atoms with Crippen LogP contribution in [0.25, 0.3) is 5.52 Å². The molecule has 0 radical (unpaired) electrons. The molecule has 4 aromatic rings. The highest BCUT2D eigenvalue weighted by molar-refractivity contribution is 6.05. The molecule has 5 rings (SSSR count). The van der Waals surface area contributed by atoms with Crippen LogP contribution in [0.3, 0.4) is 0 Å². The SMILES string of the molecule is CCNC(=O)c1cn2ncnc(N(C(=O)OCOC(=O)C(C)NC(=O)OCc3ccccc3)c3cc(C(=O)NC4CC4)ccc3C)c2c1C. The summed E-state index contributed by atoms with van der Waals surface area (Å²) in [4.78, 5) is 70.0. The van der Waals surface area contributed by atoms with Crippen molar-refractivity contribution in [1.29, 1.82) is 0 Å². The van der Waals surface area contributed by atoms with Crippen LogP contribution in [-0.2, 0) is 25.6 Å². The van der Waals surface area contributed by atoms with Crippen LogP contribution in [0.2, 0.25) is 0 Å². The van der Waals surface area contributed by atoms with Crippen LogP contribution in [0, 0.1) is 13.8 Å². The van der Waals surface area contributed by atoms with E-state index in [0.717, 1.165) is 23.3 Å². The van der Waals surface area contributed by atoms with Crippen molar-refractivity contribution >= 4 is 47.0 Å². The van der Waals surface area contributed by atoms with Crippen LogP contribution in [0.4, 0.5) is 21.1 Å². The summed E-state index contributed by atoms with van der Waals surface area (Å²) in [6, 6.07) is 12.9. The van der Waals surface area contributed by atoms with Gasteiger partial charge in [-0.3, -0.25) is 9.59 Å². The quantitative estimate of drug-likeness (QED) is 0.147. The van der Waals surface area contributed by atoms with Crippen LogP contribution in [-0.4, -0.2) is 70.0 Å². The number of esters is 1. The molecule has 0 spiro atoms. The van der Waals surface area contributed by atoms with Gasteiger partial charge in [0.05, 0.1) is 11.3 Å². The summed E-state index contributed by atoms with van der Waals surface area (Å²) in [5.74, 6) is -1.47. The lowest BCUT2D eigenvalue weighted by atomic mass is 10.1. The van der Waals surface area contributed by atoms with Gasteiger partial charge in [0, 0.05) is 24.3 Å². The number of ether oxygens (including phenoxy) is 3. The van der Waals surface area contributed by atoms with E-state index in [4.69, 9.17) is 14.2 Å². The highest BCUT2D eigenvalue weighted by Crippen LogP contribution is 2.34. The average Bonchev–Trinajstić information content (AvgIpc) is 3.84. The summed E-state index contributed by atoms with van der Waals surface area (Å²) >= 11 is 0. The predicted molar refractivity (Wildman–Crippen MR) is 176 cm³/mol. The van der Waals surface area contributed by atoms with E-state index < -0.39 is 31.0 Å². The fourth-order valence-electron chi connectivity index (χ4n) is 4.90. The maximum Gasteiger partial charge on any atom is 0.423 e. The van der Waals surface area contributed by atoms with Gasteiger partial charge >= 0.3 is 18.2 Å². The number of nitrogens with one attached hydrogen (secondary N) is 3. The molecule has 1 atom stereocenters. The second-order valence-corrected chi connectivity index (χ2v) is 11.4. The van der Waals surface area contributed by atoms with Gasteiger partial charge in [0.15, 0.2) is 5.82 Å². The number of anilines is 2. The molecule has 49 heavy (non-hydrogen) atoms. The molecule has 4 amide bonds. The molecular weight excluding hydrogens is 634 g/mol. The topological polar surface area (TPSA) is 183 Å². The fraction of sp³-hybridized carbons (Fsp3) is 0.324. The third-order valence-corrected chi connectivity index (χ3v) is 7.69. The monoisotopic (exact) mass is 671 g/mol. The first kappa shape index (κ1) is 34.3. The number of aromatic nitrogens is 3. The number of nitrogens with zero attached hydrogens (tertiary/aromatic N) is 4. The Hall–Kier alpha value is -5.99. The molecule has 1 saturated carbocycles. The van der Waals surface area contributed by atoms with E-state index in [2.05, 4.69) is 26.0 Å². The summed E-state index contributed by atoms with van der Waals surface area (Å²) in [5.41, 5.74) is 3.07. The highest BCUT2D eigenvalue weighted by Gasteiger charge is 2.30. The second-order valence-electron chi connectivity index (χ2n) is 11.4. The summed E-state index contributed by atoms with van der Waals surface area (Å²) in [6.07, 6.45) is 2.69.